The SMILES string of the molecule is COC(=O)c1ccc(N2C(=O)CCC23CCOC3=O)c([N+](=O)[O-])c1. The zero-order chi connectivity index (χ0) is 17.5. The summed E-state index contributed by atoms with van der Waals surface area (Å²) in [5, 5.41) is 11.4. The number of cyclic esters (lactones) is 1. The summed E-state index contributed by atoms with van der Waals surface area (Å²) in [6.45, 7) is 0.163. The van der Waals surface area contributed by atoms with Gasteiger partial charge in [0.15, 0.2) is 0 Å². The summed E-state index contributed by atoms with van der Waals surface area (Å²) < 4.78 is 9.55. The number of benzene rings is 1. The fourth-order valence-corrected chi connectivity index (χ4v) is 3.22. The first-order valence-corrected chi connectivity index (χ1v) is 7.28. The Morgan fingerprint density at radius 1 is 1.38 bits per heavy atom. The molecule has 3 rings (SSSR count). The molecular formula is C15H14N2O7. The summed E-state index contributed by atoms with van der Waals surface area (Å²) >= 11 is 0. The Balaban J connectivity index is 2.13. The van der Waals surface area contributed by atoms with Gasteiger partial charge in [-0.3, -0.25) is 19.8 Å². The van der Waals surface area contributed by atoms with Crippen LogP contribution < -0.4 is 4.90 Å². The molecule has 1 aromatic carbocycles. The summed E-state index contributed by atoms with van der Waals surface area (Å²) in [6, 6.07) is 3.66. The predicted octanol–water partition coefficient (Wildman–Crippen LogP) is 1.19. The number of hydrogen-bond acceptors (Lipinski definition) is 7. The quantitative estimate of drug-likeness (QED) is 0.463. The number of ether oxygens (including phenoxy) is 2. The third kappa shape index (κ3) is 2.20. The number of amides is 1. The minimum Gasteiger partial charge on any atom is -0.465 e. The molecule has 0 radical (unpaired) electrons. The number of hydrogen-bond donors (Lipinski definition) is 0. The van der Waals surface area contributed by atoms with Gasteiger partial charge >= 0.3 is 11.9 Å². The van der Waals surface area contributed by atoms with Crippen LogP contribution in [0, 0.1) is 10.1 Å². The lowest BCUT2D eigenvalue weighted by molar-refractivity contribution is -0.384. The molecule has 0 bridgehead atoms. The van der Waals surface area contributed by atoms with Gasteiger partial charge in [0.05, 0.1) is 24.2 Å². The van der Waals surface area contributed by atoms with Crippen LogP contribution in [-0.2, 0) is 19.1 Å². The number of methoxy groups -OCH3 is 1. The highest BCUT2D eigenvalue weighted by atomic mass is 16.6. The van der Waals surface area contributed by atoms with Gasteiger partial charge in [-0.2, -0.15) is 0 Å². The van der Waals surface area contributed by atoms with Gasteiger partial charge in [-0.15, -0.1) is 0 Å². The number of carbonyl (C=O) groups excluding carboxylic acids is 3. The molecule has 1 amide bonds. The van der Waals surface area contributed by atoms with E-state index in [2.05, 4.69) is 4.74 Å². The average Bonchev–Trinajstić information content (AvgIpc) is 3.10. The number of esters is 2. The third-order valence-corrected chi connectivity index (χ3v) is 4.39. The lowest BCUT2D eigenvalue weighted by Gasteiger charge is -2.30. The minimum atomic E-state index is -1.20. The summed E-state index contributed by atoms with van der Waals surface area (Å²) in [6.07, 6.45) is 0.638. The van der Waals surface area contributed by atoms with E-state index < -0.39 is 28.1 Å². The Kier molecular flexibility index (Phi) is 3.70. The number of nitrogens with zero attached hydrogens (tertiary/aromatic N) is 2. The number of anilines is 1. The van der Waals surface area contributed by atoms with Crippen LogP contribution in [0.5, 0.6) is 0 Å². The van der Waals surface area contributed by atoms with Crippen molar-refractivity contribution in [1.82, 2.24) is 0 Å². The van der Waals surface area contributed by atoms with E-state index in [1.165, 1.54) is 12.1 Å². The van der Waals surface area contributed by atoms with E-state index >= 15 is 0 Å². The molecule has 9 heteroatoms. The summed E-state index contributed by atoms with van der Waals surface area (Å²) in [5.41, 5.74) is -1.67. The Morgan fingerprint density at radius 2 is 2.12 bits per heavy atom. The lowest BCUT2D eigenvalue weighted by Crippen LogP contribution is -2.49. The van der Waals surface area contributed by atoms with Gasteiger partial charge in [0, 0.05) is 18.9 Å². The Morgan fingerprint density at radius 3 is 2.71 bits per heavy atom. The summed E-state index contributed by atoms with van der Waals surface area (Å²) in [4.78, 5) is 48.0. The molecule has 2 aliphatic rings. The second kappa shape index (κ2) is 5.59. The number of nitro groups is 1. The van der Waals surface area contributed by atoms with Crippen LogP contribution in [0.3, 0.4) is 0 Å². The molecule has 1 atom stereocenters. The molecule has 0 N–H and O–H groups in total. The number of nitro benzene ring substituents is 1. The number of rotatable bonds is 3. The standard InChI is InChI=1S/C15H14N2O7/c1-23-13(19)9-2-3-10(11(8-9)17(21)22)16-12(18)4-5-15(16)6-7-24-14(15)20/h2-3,8H,4-7H2,1H3. The van der Waals surface area contributed by atoms with Crippen molar-refractivity contribution >= 4 is 29.2 Å². The molecule has 24 heavy (non-hydrogen) atoms. The molecule has 2 aliphatic heterocycles. The van der Waals surface area contributed by atoms with Crippen molar-refractivity contribution < 1.29 is 28.8 Å². The van der Waals surface area contributed by atoms with Crippen molar-refractivity contribution in [3.8, 4) is 0 Å². The highest BCUT2D eigenvalue weighted by Crippen LogP contribution is 2.44. The van der Waals surface area contributed by atoms with Gasteiger partial charge < -0.3 is 9.47 Å². The van der Waals surface area contributed by atoms with Gasteiger partial charge in [-0.1, -0.05) is 0 Å². The maximum atomic E-state index is 12.3. The zero-order valence-corrected chi connectivity index (χ0v) is 12.8. The van der Waals surface area contributed by atoms with Crippen molar-refractivity contribution in [1.29, 1.82) is 0 Å². The maximum absolute atomic E-state index is 12.3. The van der Waals surface area contributed by atoms with Crippen LogP contribution in [-0.4, -0.2) is 42.0 Å². The second-order valence-corrected chi connectivity index (χ2v) is 5.60. The third-order valence-electron chi connectivity index (χ3n) is 4.39. The fraction of sp³-hybridized carbons (Fsp3) is 0.400. The van der Waals surface area contributed by atoms with Crippen molar-refractivity contribution in [3.05, 3.63) is 33.9 Å². The first-order chi connectivity index (χ1) is 11.4. The van der Waals surface area contributed by atoms with Gasteiger partial charge in [0.25, 0.3) is 5.69 Å². The largest absolute Gasteiger partial charge is 0.465 e. The molecule has 2 fully saturated rings. The van der Waals surface area contributed by atoms with Crippen molar-refractivity contribution in [2.24, 2.45) is 0 Å². The minimum absolute atomic E-state index is 0.0114. The molecular weight excluding hydrogens is 320 g/mol. The Hall–Kier alpha value is -2.97. The highest BCUT2D eigenvalue weighted by Gasteiger charge is 2.57. The van der Waals surface area contributed by atoms with Gasteiger partial charge in [0.2, 0.25) is 5.91 Å². The van der Waals surface area contributed by atoms with Gasteiger partial charge in [0.1, 0.15) is 11.2 Å². The molecule has 0 saturated carbocycles. The Labute approximate surface area is 136 Å². The first-order valence-electron chi connectivity index (χ1n) is 7.28. The molecule has 2 saturated heterocycles. The van der Waals surface area contributed by atoms with Crippen LogP contribution in [0.1, 0.15) is 29.6 Å². The average molecular weight is 334 g/mol. The zero-order valence-electron chi connectivity index (χ0n) is 12.8. The highest BCUT2D eigenvalue weighted by molar-refractivity contribution is 6.07. The van der Waals surface area contributed by atoms with E-state index in [-0.39, 0.29) is 43.0 Å². The van der Waals surface area contributed by atoms with Crippen LogP contribution in [0.4, 0.5) is 11.4 Å². The summed E-state index contributed by atoms with van der Waals surface area (Å²) in [5.74, 6) is -1.67. The van der Waals surface area contributed by atoms with Gasteiger partial charge in [-0.25, -0.2) is 9.59 Å². The molecule has 1 aromatic rings. The smallest absolute Gasteiger partial charge is 0.338 e. The molecule has 1 spiro atoms. The van der Waals surface area contributed by atoms with E-state index in [4.69, 9.17) is 4.74 Å². The Bertz CT molecular complexity index is 760. The van der Waals surface area contributed by atoms with E-state index in [1.807, 2.05) is 0 Å². The maximum Gasteiger partial charge on any atom is 0.338 e. The molecule has 9 nitrogen and oxygen atoms in total. The fourth-order valence-electron chi connectivity index (χ4n) is 3.22. The van der Waals surface area contributed by atoms with Crippen LogP contribution >= 0.6 is 0 Å². The molecule has 0 aliphatic carbocycles. The van der Waals surface area contributed by atoms with E-state index in [9.17, 15) is 24.5 Å². The van der Waals surface area contributed by atoms with E-state index in [0.717, 1.165) is 18.1 Å². The van der Waals surface area contributed by atoms with Gasteiger partial charge in [-0.05, 0) is 18.6 Å². The lowest BCUT2D eigenvalue weighted by atomic mass is 9.93. The van der Waals surface area contributed by atoms with Crippen LogP contribution in [0.15, 0.2) is 18.2 Å². The monoisotopic (exact) mass is 334 g/mol. The predicted molar refractivity (Wildman–Crippen MR) is 79.5 cm³/mol. The first kappa shape index (κ1) is 15.9. The molecule has 126 valence electrons. The molecule has 1 unspecified atom stereocenters. The van der Waals surface area contributed by atoms with Crippen molar-refractivity contribution in [3.63, 3.8) is 0 Å². The van der Waals surface area contributed by atoms with Crippen molar-refractivity contribution in [2.45, 2.75) is 24.8 Å². The second-order valence-electron chi connectivity index (χ2n) is 5.60. The molecule has 0 aromatic heterocycles. The summed E-state index contributed by atoms with van der Waals surface area (Å²) in [7, 11) is 1.16. The topological polar surface area (TPSA) is 116 Å². The van der Waals surface area contributed by atoms with Crippen LogP contribution in [0.25, 0.3) is 0 Å². The van der Waals surface area contributed by atoms with Crippen LogP contribution in [0.2, 0.25) is 0 Å². The van der Waals surface area contributed by atoms with E-state index in [1.54, 1.807) is 0 Å². The molecule has 2 heterocycles. The van der Waals surface area contributed by atoms with Crippen molar-refractivity contribution in [2.75, 3.05) is 18.6 Å². The van der Waals surface area contributed by atoms with E-state index in [0.29, 0.717) is 0 Å². The number of carbonyl (C=O) groups is 3. The normalized spacial score (nSPS) is 22.8.